The number of rotatable bonds is 3. The highest BCUT2D eigenvalue weighted by atomic mass is 32.1. The van der Waals surface area contributed by atoms with Crippen LogP contribution in [0.25, 0.3) is 108 Å². The zero-order valence-electron chi connectivity index (χ0n) is 27.9. The Balaban J connectivity index is 0.991. The molecule has 0 saturated heterocycles. The molecule has 0 fully saturated rings. The fourth-order valence-electron chi connectivity index (χ4n) is 8.73. The third kappa shape index (κ3) is 3.93. The minimum absolute atomic E-state index is 1.17. The molecule has 8 aromatic carbocycles. The van der Waals surface area contributed by atoms with Gasteiger partial charge in [-0.2, -0.15) is 0 Å². The van der Waals surface area contributed by atoms with Crippen molar-refractivity contribution in [1.82, 2.24) is 9.13 Å². The molecule has 0 atom stereocenters. The highest BCUT2D eigenvalue weighted by Gasteiger charge is 2.19. The Hall–Kier alpha value is -6.20. The van der Waals surface area contributed by atoms with E-state index < -0.39 is 0 Å². The Kier molecular flexibility index (Phi) is 5.84. The van der Waals surface area contributed by atoms with Crippen molar-refractivity contribution in [1.29, 1.82) is 0 Å². The smallest absolute Gasteiger partial charge is 0.0555 e. The molecule has 0 aliphatic rings. The van der Waals surface area contributed by atoms with Gasteiger partial charge in [0.25, 0.3) is 0 Å². The van der Waals surface area contributed by atoms with E-state index in [0.717, 1.165) is 0 Å². The highest BCUT2D eigenvalue weighted by molar-refractivity contribution is 7.17. The molecule has 12 rings (SSSR count). The van der Waals surface area contributed by atoms with Crippen LogP contribution < -0.4 is 0 Å². The molecular formula is C48H28N2S2. The van der Waals surface area contributed by atoms with Crippen LogP contribution in [0.4, 0.5) is 0 Å². The van der Waals surface area contributed by atoms with Crippen LogP contribution in [-0.2, 0) is 0 Å². The van der Waals surface area contributed by atoms with Crippen LogP contribution in [0, 0.1) is 0 Å². The lowest BCUT2D eigenvalue weighted by Crippen LogP contribution is -1.95. The standard InChI is InChI=1S/C48H28N2S2/c1-3-7-36-31(5-1)13-19-40-46(36)39-27-33-23-25-52-45(33)28-43(39)50(40)35-17-11-30(12-18-35)29-9-15-34(16-10-29)49-41-20-14-32-6-2-4-8-37(32)47(41)48-38-24-26-51-44(38)22-21-42(48)49/h1-28H. The zero-order chi connectivity index (χ0) is 33.9. The lowest BCUT2D eigenvalue weighted by Gasteiger charge is -2.11. The van der Waals surface area contributed by atoms with Gasteiger partial charge in [-0.05, 0) is 122 Å². The number of aromatic nitrogens is 2. The van der Waals surface area contributed by atoms with E-state index in [0.29, 0.717) is 0 Å². The summed E-state index contributed by atoms with van der Waals surface area (Å²) in [5.41, 5.74) is 9.72. The topological polar surface area (TPSA) is 9.86 Å². The van der Waals surface area contributed by atoms with Gasteiger partial charge in [-0.3, -0.25) is 0 Å². The van der Waals surface area contributed by atoms with E-state index in [1.807, 2.05) is 11.3 Å². The number of hydrogen-bond donors (Lipinski definition) is 0. The van der Waals surface area contributed by atoms with Crippen molar-refractivity contribution in [2.75, 3.05) is 0 Å². The molecule has 0 spiro atoms. The number of fused-ring (bicyclic) bond motifs is 13. The molecule has 0 aliphatic heterocycles. The summed E-state index contributed by atoms with van der Waals surface area (Å²) in [5, 5.41) is 17.5. The molecule has 242 valence electrons. The third-order valence-electron chi connectivity index (χ3n) is 11.1. The normalized spacial score (nSPS) is 12.2. The predicted octanol–water partition coefficient (Wildman–Crippen LogP) is 14.3. The Bertz CT molecular complexity index is 3340. The van der Waals surface area contributed by atoms with Crippen molar-refractivity contribution < 1.29 is 0 Å². The van der Waals surface area contributed by atoms with Crippen molar-refractivity contribution >= 4 is 108 Å². The van der Waals surface area contributed by atoms with E-state index >= 15 is 0 Å². The summed E-state index contributed by atoms with van der Waals surface area (Å²) in [4.78, 5) is 0. The maximum Gasteiger partial charge on any atom is 0.0555 e. The second-order valence-electron chi connectivity index (χ2n) is 13.7. The predicted molar refractivity (Wildman–Crippen MR) is 226 cm³/mol. The molecule has 0 radical (unpaired) electrons. The largest absolute Gasteiger partial charge is 0.309 e. The van der Waals surface area contributed by atoms with Crippen LogP contribution in [0.1, 0.15) is 0 Å². The van der Waals surface area contributed by atoms with Crippen LogP contribution >= 0.6 is 22.7 Å². The minimum atomic E-state index is 1.17. The fourth-order valence-corrected chi connectivity index (χ4v) is 10.3. The van der Waals surface area contributed by atoms with Crippen molar-refractivity contribution in [3.8, 4) is 22.5 Å². The first-order valence-corrected chi connectivity index (χ1v) is 19.4. The average Bonchev–Trinajstić information content (AvgIpc) is 4.00. The molecule has 12 aromatic rings. The van der Waals surface area contributed by atoms with Crippen molar-refractivity contribution in [2.24, 2.45) is 0 Å². The van der Waals surface area contributed by atoms with E-state index in [1.165, 1.54) is 108 Å². The van der Waals surface area contributed by atoms with Crippen molar-refractivity contribution in [3.63, 3.8) is 0 Å². The van der Waals surface area contributed by atoms with E-state index in [9.17, 15) is 0 Å². The third-order valence-corrected chi connectivity index (χ3v) is 12.8. The Labute approximate surface area is 306 Å². The van der Waals surface area contributed by atoms with E-state index in [1.54, 1.807) is 11.3 Å². The molecule has 0 bridgehead atoms. The number of nitrogens with zero attached hydrogens (tertiary/aromatic N) is 2. The van der Waals surface area contributed by atoms with Gasteiger partial charge in [-0.1, -0.05) is 84.9 Å². The van der Waals surface area contributed by atoms with Gasteiger partial charge in [-0.25, -0.2) is 0 Å². The monoisotopic (exact) mass is 696 g/mol. The minimum Gasteiger partial charge on any atom is -0.309 e. The molecule has 4 heteroatoms. The van der Waals surface area contributed by atoms with E-state index in [-0.39, 0.29) is 0 Å². The Morgan fingerprint density at radius 1 is 0.327 bits per heavy atom. The van der Waals surface area contributed by atoms with Gasteiger partial charge >= 0.3 is 0 Å². The first-order valence-electron chi connectivity index (χ1n) is 17.6. The molecule has 0 aliphatic carbocycles. The first-order chi connectivity index (χ1) is 25.8. The van der Waals surface area contributed by atoms with Crippen molar-refractivity contribution in [2.45, 2.75) is 0 Å². The number of benzene rings is 8. The Morgan fingerprint density at radius 2 is 0.865 bits per heavy atom. The molecule has 0 N–H and O–H groups in total. The van der Waals surface area contributed by atoms with E-state index in [2.05, 4.69) is 178 Å². The molecule has 4 aromatic heterocycles. The number of hydrogen-bond acceptors (Lipinski definition) is 2. The first kappa shape index (κ1) is 28.5. The molecule has 0 saturated carbocycles. The van der Waals surface area contributed by atoms with Gasteiger partial charge in [0.2, 0.25) is 0 Å². The zero-order valence-corrected chi connectivity index (χ0v) is 29.5. The SMILES string of the molecule is c1ccc2c(c1)ccc1c2c2cc3ccsc3cc2n1-c1ccc(-c2ccc(-n3c4ccc5ccccc5c4c4c5ccsc5ccc43)cc2)cc1. The van der Waals surface area contributed by atoms with Crippen molar-refractivity contribution in [3.05, 3.63) is 168 Å². The van der Waals surface area contributed by atoms with Crippen LogP contribution in [0.2, 0.25) is 0 Å². The van der Waals surface area contributed by atoms with Crippen LogP contribution in [0.3, 0.4) is 0 Å². The summed E-state index contributed by atoms with van der Waals surface area (Å²) >= 11 is 3.62. The lowest BCUT2D eigenvalue weighted by atomic mass is 10.0. The maximum atomic E-state index is 2.44. The van der Waals surface area contributed by atoms with Gasteiger partial charge in [0.15, 0.2) is 0 Å². The number of thiophene rings is 2. The van der Waals surface area contributed by atoms with Crippen LogP contribution in [-0.4, -0.2) is 9.13 Å². The summed E-state index contributed by atoms with van der Waals surface area (Å²) in [6.07, 6.45) is 0. The fraction of sp³-hybridized carbons (Fsp3) is 0. The lowest BCUT2D eigenvalue weighted by molar-refractivity contribution is 1.18. The van der Waals surface area contributed by atoms with Crippen LogP contribution in [0.5, 0.6) is 0 Å². The second kappa shape index (κ2) is 10.7. The molecule has 0 amide bonds. The molecule has 52 heavy (non-hydrogen) atoms. The summed E-state index contributed by atoms with van der Waals surface area (Å²) in [7, 11) is 0. The van der Waals surface area contributed by atoms with Gasteiger partial charge in [0.1, 0.15) is 0 Å². The van der Waals surface area contributed by atoms with Gasteiger partial charge in [0, 0.05) is 47.7 Å². The summed E-state index contributed by atoms with van der Waals surface area (Å²) < 4.78 is 7.53. The second-order valence-corrected chi connectivity index (χ2v) is 15.6. The molecule has 0 unspecified atom stereocenters. The van der Waals surface area contributed by atoms with Crippen LogP contribution in [0.15, 0.2) is 168 Å². The summed E-state index contributed by atoms with van der Waals surface area (Å²) in [6, 6.07) is 58.7. The quantitative estimate of drug-likeness (QED) is 0.174. The van der Waals surface area contributed by atoms with E-state index in [4.69, 9.17) is 0 Å². The molecule has 2 nitrogen and oxygen atoms in total. The van der Waals surface area contributed by atoms with Gasteiger partial charge in [0.05, 0.1) is 22.1 Å². The average molecular weight is 697 g/mol. The molecular weight excluding hydrogens is 669 g/mol. The summed E-state index contributed by atoms with van der Waals surface area (Å²) in [5.74, 6) is 0. The Morgan fingerprint density at radius 3 is 1.56 bits per heavy atom. The highest BCUT2D eigenvalue weighted by Crippen LogP contribution is 2.43. The molecule has 4 heterocycles. The summed E-state index contributed by atoms with van der Waals surface area (Å²) in [6.45, 7) is 0. The maximum absolute atomic E-state index is 2.44. The van der Waals surface area contributed by atoms with Gasteiger partial charge < -0.3 is 9.13 Å². The van der Waals surface area contributed by atoms with Gasteiger partial charge in [-0.15, -0.1) is 22.7 Å².